The third-order valence-electron chi connectivity index (χ3n) is 3.53. The highest BCUT2D eigenvalue weighted by Gasteiger charge is 2.27. The molecule has 0 spiro atoms. The molecule has 0 unspecified atom stereocenters. The fraction of sp³-hybridized carbons (Fsp3) is 0.467. The molecule has 1 fully saturated rings. The second kappa shape index (κ2) is 6.26. The van der Waals surface area contributed by atoms with Crippen molar-refractivity contribution in [3.8, 4) is 0 Å². The number of hydrogen-bond donors (Lipinski definition) is 1. The molecule has 22 heavy (non-hydrogen) atoms. The Balaban J connectivity index is 1.51. The maximum Gasteiger partial charge on any atom is 0.226 e. The Morgan fingerprint density at radius 1 is 1.23 bits per heavy atom. The Kier molecular flexibility index (Phi) is 4.35. The van der Waals surface area contributed by atoms with Gasteiger partial charge in [-0.05, 0) is 32.8 Å². The summed E-state index contributed by atoms with van der Waals surface area (Å²) in [7, 11) is 0. The summed E-state index contributed by atoms with van der Waals surface area (Å²) in [5.41, 5.74) is 0.738. The summed E-state index contributed by atoms with van der Waals surface area (Å²) in [5.74, 6) is 0.374. The Labute approximate surface area is 136 Å². The lowest BCUT2D eigenvalue weighted by atomic mass is 10.1. The van der Waals surface area contributed by atoms with Gasteiger partial charge in [-0.15, -0.1) is 21.5 Å². The van der Waals surface area contributed by atoms with Gasteiger partial charge in [-0.1, -0.05) is 11.3 Å². The largest absolute Gasteiger partial charge is 0.301 e. The van der Waals surface area contributed by atoms with Crippen LogP contribution in [0, 0.1) is 13.8 Å². The second-order valence-corrected chi connectivity index (χ2v) is 7.99. The molecule has 1 N–H and O–H groups in total. The molecule has 0 aliphatic heterocycles. The minimum atomic E-state index is -0.184. The Morgan fingerprint density at radius 2 is 2.00 bits per heavy atom. The van der Waals surface area contributed by atoms with E-state index in [1.807, 2.05) is 19.9 Å². The minimum Gasteiger partial charge on any atom is -0.301 e. The summed E-state index contributed by atoms with van der Waals surface area (Å²) < 4.78 is 0. The van der Waals surface area contributed by atoms with Crippen LogP contribution in [0.1, 0.15) is 56.7 Å². The van der Waals surface area contributed by atoms with E-state index in [2.05, 4.69) is 15.5 Å². The number of Topliss-reactive ketones (excluding diaryl/α,β-unsaturated/α-hetero) is 1. The average Bonchev–Trinajstić information content (AvgIpc) is 3.13. The first-order chi connectivity index (χ1) is 10.5. The lowest BCUT2D eigenvalue weighted by Gasteiger charge is -2.01. The van der Waals surface area contributed by atoms with Crippen molar-refractivity contribution in [1.29, 1.82) is 0 Å². The van der Waals surface area contributed by atoms with Crippen LogP contribution in [0.3, 0.4) is 0 Å². The maximum absolute atomic E-state index is 12.1. The molecule has 2 aromatic rings. The van der Waals surface area contributed by atoms with Gasteiger partial charge >= 0.3 is 0 Å². The van der Waals surface area contributed by atoms with E-state index in [1.165, 1.54) is 11.3 Å². The molecule has 0 aromatic carbocycles. The van der Waals surface area contributed by atoms with Crippen LogP contribution >= 0.6 is 22.7 Å². The predicted octanol–water partition coefficient (Wildman–Crippen LogP) is 3.70. The van der Waals surface area contributed by atoms with E-state index in [-0.39, 0.29) is 24.5 Å². The van der Waals surface area contributed by atoms with E-state index in [0.29, 0.717) is 11.0 Å². The van der Waals surface area contributed by atoms with Gasteiger partial charge in [-0.3, -0.25) is 9.59 Å². The van der Waals surface area contributed by atoms with E-state index in [1.54, 1.807) is 11.3 Å². The van der Waals surface area contributed by atoms with Crippen LogP contribution in [-0.2, 0) is 4.79 Å². The molecule has 2 heterocycles. The normalized spacial score (nSPS) is 14.1. The van der Waals surface area contributed by atoms with Crippen LogP contribution in [0.5, 0.6) is 0 Å². The third-order valence-corrected chi connectivity index (χ3v) is 5.50. The monoisotopic (exact) mass is 335 g/mol. The van der Waals surface area contributed by atoms with E-state index < -0.39 is 0 Å². The topological polar surface area (TPSA) is 72.0 Å². The van der Waals surface area contributed by atoms with Crippen molar-refractivity contribution in [2.75, 3.05) is 5.32 Å². The Hall–Kier alpha value is -1.60. The summed E-state index contributed by atoms with van der Waals surface area (Å²) in [6.07, 6.45) is 2.72. The molecule has 1 saturated carbocycles. The summed E-state index contributed by atoms with van der Waals surface area (Å²) >= 11 is 3.04. The molecule has 7 heteroatoms. The molecule has 116 valence electrons. The number of ketones is 1. The molecule has 0 saturated heterocycles. The summed E-state index contributed by atoms with van der Waals surface area (Å²) in [6, 6.07) is 1.90. The molecular weight excluding hydrogens is 318 g/mol. The first-order valence-electron chi connectivity index (χ1n) is 7.26. The van der Waals surface area contributed by atoms with Crippen LogP contribution < -0.4 is 5.32 Å². The molecular formula is C15H17N3O2S2. The Bertz CT molecular complexity index is 716. The van der Waals surface area contributed by atoms with Gasteiger partial charge in [0.05, 0.1) is 0 Å². The van der Waals surface area contributed by atoms with Crippen molar-refractivity contribution in [1.82, 2.24) is 10.2 Å². The van der Waals surface area contributed by atoms with Gasteiger partial charge in [0.2, 0.25) is 11.0 Å². The summed E-state index contributed by atoms with van der Waals surface area (Å²) in [5, 5.41) is 12.3. The molecule has 1 aliphatic carbocycles. The minimum absolute atomic E-state index is 0.0212. The van der Waals surface area contributed by atoms with Gasteiger partial charge in [0.15, 0.2) is 5.78 Å². The maximum atomic E-state index is 12.1. The number of anilines is 1. The molecule has 3 rings (SSSR count). The number of thiophene rings is 1. The standard InChI is InChI=1S/C15H17N3O2S2/c1-8-7-11(9(2)21-8)12(19)5-6-13(20)16-15-18-17-14(22-15)10-3-4-10/h7,10H,3-6H2,1-2H3,(H,16,18,20). The fourth-order valence-electron chi connectivity index (χ4n) is 2.23. The van der Waals surface area contributed by atoms with Crippen LogP contribution in [0.15, 0.2) is 6.07 Å². The van der Waals surface area contributed by atoms with Gasteiger partial charge in [0.25, 0.3) is 0 Å². The van der Waals surface area contributed by atoms with Crippen molar-refractivity contribution < 1.29 is 9.59 Å². The van der Waals surface area contributed by atoms with Crippen LogP contribution in [-0.4, -0.2) is 21.9 Å². The number of rotatable bonds is 6. The molecule has 1 amide bonds. The number of hydrogen-bond acceptors (Lipinski definition) is 6. The van der Waals surface area contributed by atoms with Crippen LogP contribution in [0.25, 0.3) is 0 Å². The molecule has 0 bridgehead atoms. The number of nitrogens with one attached hydrogen (secondary N) is 1. The molecule has 2 aromatic heterocycles. The first kappa shape index (κ1) is 15.3. The summed E-state index contributed by atoms with van der Waals surface area (Å²) in [4.78, 5) is 26.2. The predicted molar refractivity (Wildman–Crippen MR) is 87.9 cm³/mol. The highest BCUT2D eigenvalue weighted by atomic mass is 32.1. The Morgan fingerprint density at radius 3 is 2.64 bits per heavy atom. The number of amides is 1. The first-order valence-corrected chi connectivity index (χ1v) is 8.89. The van der Waals surface area contributed by atoms with Crippen molar-refractivity contribution in [3.05, 3.63) is 26.4 Å². The third kappa shape index (κ3) is 3.59. The zero-order chi connectivity index (χ0) is 15.7. The number of aromatic nitrogens is 2. The highest BCUT2D eigenvalue weighted by Crippen LogP contribution is 2.42. The SMILES string of the molecule is Cc1cc(C(=O)CCC(=O)Nc2nnc(C3CC3)s2)c(C)s1. The fourth-order valence-corrected chi connectivity index (χ4v) is 4.10. The smallest absolute Gasteiger partial charge is 0.226 e. The van der Waals surface area contributed by atoms with E-state index in [4.69, 9.17) is 0 Å². The average molecular weight is 335 g/mol. The molecule has 0 atom stereocenters. The summed E-state index contributed by atoms with van der Waals surface area (Å²) in [6.45, 7) is 3.92. The van der Waals surface area contributed by atoms with Gasteiger partial charge in [-0.25, -0.2) is 0 Å². The highest BCUT2D eigenvalue weighted by molar-refractivity contribution is 7.15. The van der Waals surface area contributed by atoms with Crippen LogP contribution in [0.2, 0.25) is 0 Å². The van der Waals surface area contributed by atoms with Gasteiger partial charge in [0.1, 0.15) is 5.01 Å². The van der Waals surface area contributed by atoms with E-state index in [9.17, 15) is 9.59 Å². The second-order valence-electron chi connectivity index (χ2n) is 5.52. The quantitative estimate of drug-likeness (QED) is 0.817. The van der Waals surface area contributed by atoms with Gasteiger partial charge in [-0.2, -0.15) is 0 Å². The van der Waals surface area contributed by atoms with Crippen molar-refractivity contribution >= 4 is 39.5 Å². The molecule has 0 radical (unpaired) electrons. The van der Waals surface area contributed by atoms with Crippen molar-refractivity contribution in [2.45, 2.75) is 45.4 Å². The molecule has 5 nitrogen and oxygen atoms in total. The zero-order valence-electron chi connectivity index (χ0n) is 12.5. The number of nitrogens with zero attached hydrogens (tertiary/aromatic N) is 2. The lowest BCUT2D eigenvalue weighted by molar-refractivity contribution is -0.116. The number of carbonyl (C=O) groups excluding carboxylic acids is 2. The van der Waals surface area contributed by atoms with E-state index in [0.717, 1.165) is 33.2 Å². The lowest BCUT2D eigenvalue weighted by Crippen LogP contribution is -2.13. The van der Waals surface area contributed by atoms with Crippen molar-refractivity contribution in [2.24, 2.45) is 0 Å². The van der Waals surface area contributed by atoms with Gasteiger partial charge in [0, 0.05) is 34.1 Å². The van der Waals surface area contributed by atoms with Crippen molar-refractivity contribution in [3.63, 3.8) is 0 Å². The zero-order valence-corrected chi connectivity index (χ0v) is 14.1. The molecule has 1 aliphatic rings. The van der Waals surface area contributed by atoms with Crippen LogP contribution in [0.4, 0.5) is 5.13 Å². The van der Waals surface area contributed by atoms with E-state index >= 15 is 0 Å². The number of carbonyl (C=O) groups is 2. The van der Waals surface area contributed by atoms with Gasteiger partial charge < -0.3 is 5.32 Å². The number of aryl methyl sites for hydroxylation is 2.